The van der Waals surface area contributed by atoms with E-state index in [1.807, 2.05) is 39.0 Å². The molecule has 1 aliphatic heterocycles. The summed E-state index contributed by atoms with van der Waals surface area (Å²) >= 11 is 0. The number of carbonyl (C=O) groups is 1. The van der Waals surface area contributed by atoms with E-state index < -0.39 is 11.7 Å². The van der Waals surface area contributed by atoms with E-state index in [0.717, 1.165) is 23.1 Å². The largest absolute Gasteiger partial charge is 0.445 e. The van der Waals surface area contributed by atoms with E-state index in [1.54, 1.807) is 12.5 Å². The number of hydrogen-bond donors (Lipinski definition) is 1. The Bertz CT molecular complexity index is 704. The Morgan fingerprint density at radius 1 is 1.42 bits per heavy atom. The standard InChI is InChI=1S/C18H22N2O4/c1-18(2,3)24-17(21)20-11-15-13-5-4-6-14(12(13)7-9-22-15)16-19-8-10-23-16/h4-6,8,10,15H,7,9,11H2,1-3H3,(H,20,21)/t15-/m1/s1. The Morgan fingerprint density at radius 3 is 2.96 bits per heavy atom. The van der Waals surface area contributed by atoms with Gasteiger partial charge in [0.2, 0.25) is 5.89 Å². The average Bonchev–Trinajstić information content (AvgIpc) is 3.05. The molecular formula is C18H22N2O4. The van der Waals surface area contributed by atoms with Crippen molar-refractivity contribution < 1.29 is 18.7 Å². The van der Waals surface area contributed by atoms with Crippen LogP contribution in [0.15, 0.2) is 35.1 Å². The molecule has 1 aromatic heterocycles. The molecule has 0 saturated carbocycles. The van der Waals surface area contributed by atoms with Crippen LogP contribution in [0.2, 0.25) is 0 Å². The topological polar surface area (TPSA) is 73.6 Å². The number of oxazole rings is 1. The molecule has 0 bridgehead atoms. The summed E-state index contributed by atoms with van der Waals surface area (Å²) in [5.41, 5.74) is 2.66. The maximum absolute atomic E-state index is 11.9. The number of fused-ring (bicyclic) bond motifs is 1. The molecular weight excluding hydrogens is 308 g/mol. The van der Waals surface area contributed by atoms with Gasteiger partial charge < -0.3 is 19.2 Å². The number of alkyl carbamates (subject to hydrolysis) is 1. The highest BCUT2D eigenvalue weighted by atomic mass is 16.6. The SMILES string of the molecule is CC(C)(C)OC(=O)NC[C@H]1OCCc2c(-c3ncco3)cccc21. The van der Waals surface area contributed by atoms with Gasteiger partial charge in [-0.05, 0) is 44.4 Å². The zero-order chi connectivity index (χ0) is 17.2. The lowest BCUT2D eigenvalue weighted by Gasteiger charge is -2.28. The van der Waals surface area contributed by atoms with E-state index in [9.17, 15) is 4.79 Å². The van der Waals surface area contributed by atoms with Crippen LogP contribution in [-0.2, 0) is 15.9 Å². The summed E-state index contributed by atoms with van der Waals surface area (Å²) in [6.07, 6.45) is 3.33. The molecule has 1 atom stereocenters. The fourth-order valence-electron chi connectivity index (χ4n) is 2.79. The number of aromatic nitrogens is 1. The van der Waals surface area contributed by atoms with E-state index >= 15 is 0 Å². The second-order valence-corrected chi connectivity index (χ2v) is 6.70. The van der Waals surface area contributed by atoms with E-state index in [4.69, 9.17) is 13.9 Å². The highest BCUT2D eigenvalue weighted by Crippen LogP contribution is 2.33. The Hall–Kier alpha value is -2.34. The van der Waals surface area contributed by atoms with E-state index in [1.165, 1.54) is 0 Å². The fraction of sp³-hybridized carbons (Fsp3) is 0.444. The quantitative estimate of drug-likeness (QED) is 0.932. The van der Waals surface area contributed by atoms with Crippen LogP contribution in [0, 0.1) is 0 Å². The third-order valence-corrected chi connectivity index (χ3v) is 3.72. The maximum atomic E-state index is 11.9. The second kappa shape index (κ2) is 6.65. The number of rotatable bonds is 3. The fourth-order valence-corrected chi connectivity index (χ4v) is 2.79. The molecule has 0 radical (unpaired) electrons. The number of hydrogen-bond acceptors (Lipinski definition) is 5. The van der Waals surface area contributed by atoms with E-state index in [-0.39, 0.29) is 6.10 Å². The summed E-state index contributed by atoms with van der Waals surface area (Å²) in [5, 5.41) is 2.78. The Balaban J connectivity index is 1.75. The molecule has 1 aliphatic rings. The second-order valence-electron chi connectivity index (χ2n) is 6.70. The minimum atomic E-state index is -0.520. The predicted molar refractivity (Wildman–Crippen MR) is 88.6 cm³/mol. The van der Waals surface area contributed by atoms with E-state index in [0.29, 0.717) is 19.0 Å². The lowest BCUT2D eigenvalue weighted by Crippen LogP contribution is -2.36. The van der Waals surface area contributed by atoms with Gasteiger partial charge in [-0.2, -0.15) is 0 Å². The molecule has 24 heavy (non-hydrogen) atoms. The van der Waals surface area contributed by atoms with Gasteiger partial charge in [0.1, 0.15) is 18.0 Å². The van der Waals surface area contributed by atoms with Crippen LogP contribution in [0.5, 0.6) is 0 Å². The van der Waals surface area contributed by atoms with Crippen molar-refractivity contribution in [3.8, 4) is 11.5 Å². The minimum Gasteiger partial charge on any atom is -0.445 e. The lowest BCUT2D eigenvalue weighted by molar-refractivity contribution is 0.0289. The van der Waals surface area contributed by atoms with Gasteiger partial charge in [0.15, 0.2) is 0 Å². The molecule has 1 amide bonds. The number of amides is 1. The Labute approximate surface area is 141 Å². The monoisotopic (exact) mass is 330 g/mol. The third-order valence-electron chi connectivity index (χ3n) is 3.72. The van der Waals surface area contributed by atoms with Crippen LogP contribution in [-0.4, -0.2) is 29.8 Å². The molecule has 2 heterocycles. The molecule has 0 unspecified atom stereocenters. The molecule has 6 heteroatoms. The molecule has 6 nitrogen and oxygen atoms in total. The van der Waals surface area contributed by atoms with Crippen molar-refractivity contribution >= 4 is 6.09 Å². The van der Waals surface area contributed by atoms with Gasteiger partial charge in [0.05, 0.1) is 19.3 Å². The van der Waals surface area contributed by atoms with Crippen LogP contribution in [0.3, 0.4) is 0 Å². The van der Waals surface area contributed by atoms with Gasteiger partial charge in [0.25, 0.3) is 0 Å². The first-order valence-corrected chi connectivity index (χ1v) is 8.04. The van der Waals surface area contributed by atoms with Gasteiger partial charge in [-0.1, -0.05) is 12.1 Å². The van der Waals surface area contributed by atoms with Crippen molar-refractivity contribution in [3.63, 3.8) is 0 Å². The number of nitrogens with one attached hydrogen (secondary N) is 1. The summed E-state index contributed by atoms with van der Waals surface area (Å²) in [7, 11) is 0. The Morgan fingerprint density at radius 2 is 2.25 bits per heavy atom. The van der Waals surface area contributed by atoms with Gasteiger partial charge in [-0.15, -0.1) is 0 Å². The van der Waals surface area contributed by atoms with Gasteiger partial charge in [-0.25, -0.2) is 9.78 Å². The van der Waals surface area contributed by atoms with Crippen LogP contribution in [0.4, 0.5) is 4.79 Å². The van der Waals surface area contributed by atoms with E-state index in [2.05, 4.69) is 10.3 Å². The summed E-state index contributed by atoms with van der Waals surface area (Å²) in [4.78, 5) is 16.1. The first-order valence-electron chi connectivity index (χ1n) is 8.04. The maximum Gasteiger partial charge on any atom is 0.407 e. The minimum absolute atomic E-state index is 0.212. The van der Waals surface area contributed by atoms with Crippen molar-refractivity contribution in [1.82, 2.24) is 10.3 Å². The van der Waals surface area contributed by atoms with Crippen molar-refractivity contribution in [1.29, 1.82) is 0 Å². The summed E-state index contributed by atoms with van der Waals surface area (Å²) in [5.74, 6) is 0.604. The van der Waals surface area contributed by atoms with Gasteiger partial charge in [0, 0.05) is 5.56 Å². The first kappa shape index (κ1) is 16.5. The molecule has 1 aromatic carbocycles. The molecule has 1 N–H and O–H groups in total. The van der Waals surface area contributed by atoms with Crippen LogP contribution in [0.25, 0.3) is 11.5 Å². The zero-order valence-electron chi connectivity index (χ0n) is 14.2. The number of benzene rings is 1. The van der Waals surface area contributed by atoms with Crippen LogP contribution in [0.1, 0.15) is 38.0 Å². The summed E-state index contributed by atoms with van der Waals surface area (Å²) < 4.78 is 16.5. The van der Waals surface area contributed by atoms with Crippen molar-refractivity contribution in [2.24, 2.45) is 0 Å². The predicted octanol–water partition coefficient (Wildman–Crippen LogP) is 3.48. The molecule has 0 saturated heterocycles. The van der Waals surface area contributed by atoms with Crippen molar-refractivity contribution in [2.75, 3.05) is 13.2 Å². The number of carbonyl (C=O) groups excluding carboxylic acids is 1. The van der Waals surface area contributed by atoms with Crippen molar-refractivity contribution in [2.45, 2.75) is 38.9 Å². The van der Waals surface area contributed by atoms with Gasteiger partial charge in [-0.3, -0.25) is 0 Å². The number of ether oxygens (including phenoxy) is 2. The zero-order valence-corrected chi connectivity index (χ0v) is 14.2. The smallest absolute Gasteiger partial charge is 0.407 e. The molecule has 2 aromatic rings. The first-order chi connectivity index (χ1) is 11.4. The Kier molecular flexibility index (Phi) is 4.57. The lowest BCUT2D eigenvalue weighted by atomic mass is 9.92. The van der Waals surface area contributed by atoms with Crippen molar-refractivity contribution in [3.05, 3.63) is 41.8 Å². The third kappa shape index (κ3) is 3.76. The highest BCUT2D eigenvalue weighted by Gasteiger charge is 2.25. The highest BCUT2D eigenvalue weighted by molar-refractivity contribution is 5.68. The number of nitrogens with zero attached hydrogens (tertiary/aromatic N) is 1. The average molecular weight is 330 g/mol. The molecule has 3 rings (SSSR count). The summed E-state index contributed by atoms with van der Waals surface area (Å²) in [6.45, 7) is 6.45. The molecule has 0 aliphatic carbocycles. The van der Waals surface area contributed by atoms with Crippen LogP contribution < -0.4 is 5.32 Å². The molecule has 128 valence electrons. The van der Waals surface area contributed by atoms with Gasteiger partial charge >= 0.3 is 6.09 Å². The normalized spacial score (nSPS) is 17.2. The molecule has 0 fully saturated rings. The van der Waals surface area contributed by atoms with Crippen LogP contribution >= 0.6 is 0 Å². The summed E-state index contributed by atoms with van der Waals surface area (Å²) in [6, 6.07) is 5.96. The molecule has 0 spiro atoms.